The molecule has 0 aliphatic carbocycles. The maximum absolute atomic E-state index is 9.37. The highest BCUT2D eigenvalue weighted by atomic mass is 16.7. The monoisotopic (exact) mass is 163 g/mol. The molecule has 1 aliphatic heterocycles. The molecule has 12 heavy (non-hydrogen) atoms. The topological polar surface area (TPSA) is 54.6 Å². The van der Waals surface area contributed by atoms with Gasteiger partial charge in [-0.2, -0.15) is 0 Å². The normalized spacial score (nSPS) is 12.7. The van der Waals surface area contributed by atoms with Crippen LogP contribution in [0.15, 0.2) is 18.2 Å². The van der Waals surface area contributed by atoms with Gasteiger partial charge in [0.1, 0.15) is 0 Å². The minimum Gasteiger partial charge on any atom is -0.503 e. The summed E-state index contributed by atoms with van der Waals surface area (Å²) >= 11 is 0. The highest BCUT2D eigenvalue weighted by Gasteiger charge is 2.27. The van der Waals surface area contributed by atoms with E-state index in [1.807, 2.05) is 0 Å². The molecule has 4 bridgehead atoms. The van der Waals surface area contributed by atoms with Crippen LogP contribution in [-0.4, -0.2) is 14.9 Å². The Morgan fingerprint density at radius 2 is 2.08 bits per heavy atom. The summed E-state index contributed by atoms with van der Waals surface area (Å²) in [5, 5.41) is 19.2. The first kappa shape index (κ1) is 5.77. The van der Waals surface area contributed by atoms with Gasteiger partial charge >= 0.3 is 0 Å². The van der Waals surface area contributed by atoms with E-state index in [9.17, 15) is 10.2 Å². The van der Waals surface area contributed by atoms with Gasteiger partial charge in [0.25, 0.3) is 5.88 Å². The molecule has 2 N–H and O–H groups in total. The van der Waals surface area contributed by atoms with Gasteiger partial charge in [0.05, 0.1) is 10.9 Å². The van der Waals surface area contributed by atoms with Crippen molar-refractivity contribution in [2.24, 2.45) is 0 Å². The van der Waals surface area contributed by atoms with Gasteiger partial charge in [0.2, 0.25) is 0 Å². The van der Waals surface area contributed by atoms with E-state index in [2.05, 4.69) is 0 Å². The van der Waals surface area contributed by atoms with E-state index >= 15 is 0 Å². The molecule has 4 heteroatoms. The molecule has 0 saturated carbocycles. The lowest BCUT2D eigenvalue weighted by Crippen LogP contribution is -1.99. The van der Waals surface area contributed by atoms with Gasteiger partial charge in [-0.05, 0) is 12.1 Å². The van der Waals surface area contributed by atoms with E-state index in [1.54, 1.807) is 18.2 Å². The molecule has 0 spiro atoms. The van der Waals surface area contributed by atoms with Crippen molar-refractivity contribution < 1.29 is 15.1 Å². The van der Waals surface area contributed by atoms with Crippen molar-refractivity contribution >= 4 is 10.9 Å². The Morgan fingerprint density at radius 1 is 1.25 bits per heavy atom. The van der Waals surface area contributed by atoms with Gasteiger partial charge < -0.3 is 15.1 Å². The minimum atomic E-state index is -0.233. The quantitative estimate of drug-likeness (QED) is 0.523. The number of hydrogen-bond acceptors (Lipinski definition) is 3. The van der Waals surface area contributed by atoms with Crippen LogP contribution >= 0.6 is 0 Å². The van der Waals surface area contributed by atoms with Crippen LogP contribution in [0.5, 0.6) is 17.4 Å². The number of rotatable bonds is 0. The summed E-state index contributed by atoms with van der Waals surface area (Å²) in [6, 6.07) is 5.31. The molecule has 60 valence electrons. The summed E-state index contributed by atoms with van der Waals surface area (Å²) in [4.78, 5) is 5.16. The van der Waals surface area contributed by atoms with Crippen LogP contribution in [0.1, 0.15) is 0 Å². The van der Waals surface area contributed by atoms with E-state index in [4.69, 9.17) is 4.84 Å². The molecule has 1 aromatic carbocycles. The van der Waals surface area contributed by atoms with Crippen molar-refractivity contribution in [1.82, 2.24) is 4.73 Å². The smallest absolute Gasteiger partial charge is 0.269 e. The number of hydrogen-bond donors (Lipinski definition) is 2. The number of nitrogens with zero attached hydrogens (tertiary/aromatic N) is 1. The molecule has 0 fully saturated rings. The van der Waals surface area contributed by atoms with Crippen molar-refractivity contribution in [2.45, 2.75) is 0 Å². The van der Waals surface area contributed by atoms with Crippen LogP contribution in [0.2, 0.25) is 0 Å². The first-order valence-corrected chi connectivity index (χ1v) is 3.53. The molecule has 2 aromatic rings. The zero-order chi connectivity index (χ0) is 8.29. The molecule has 0 atom stereocenters. The molecule has 0 amide bonds. The van der Waals surface area contributed by atoms with Crippen LogP contribution in [0.4, 0.5) is 0 Å². The maximum Gasteiger partial charge on any atom is 0.269 e. The molecule has 2 heterocycles. The third-order valence-electron chi connectivity index (χ3n) is 2.05. The van der Waals surface area contributed by atoms with Gasteiger partial charge in [0, 0.05) is 0 Å². The van der Waals surface area contributed by atoms with Crippen molar-refractivity contribution in [3.63, 3.8) is 0 Å². The van der Waals surface area contributed by atoms with Gasteiger partial charge in [-0.3, -0.25) is 0 Å². The van der Waals surface area contributed by atoms with Crippen molar-refractivity contribution in [3.8, 4) is 17.4 Å². The Morgan fingerprint density at radius 3 is 2.83 bits per heavy atom. The van der Waals surface area contributed by atoms with Crippen LogP contribution in [0.3, 0.4) is 0 Å². The Bertz CT molecular complexity index is 483. The third-order valence-corrected chi connectivity index (χ3v) is 2.05. The van der Waals surface area contributed by atoms with E-state index in [1.165, 1.54) is 4.73 Å². The average molecular weight is 163 g/mol. The molecule has 1 aliphatic rings. The van der Waals surface area contributed by atoms with Crippen molar-refractivity contribution in [1.29, 1.82) is 0 Å². The second-order valence-corrected chi connectivity index (χ2v) is 2.71. The largest absolute Gasteiger partial charge is 0.503 e. The second kappa shape index (κ2) is 1.50. The lowest BCUT2D eigenvalue weighted by atomic mass is 10.2. The second-order valence-electron chi connectivity index (χ2n) is 2.71. The fourth-order valence-electron chi connectivity index (χ4n) is 1.52. The van der Waals surface area contributed by atoms with E-state index < -0.39 is 0 Å². The van der Waals surface area contributed by atoms with Gasteiger partial charge in [-0.1, -0.05) is 6.07 Å². The lowest BCUT2D eigenvalue weighted by molar-refractivity contribution is 0.193. The number of benzene rings is 1. The van der Waals surface area contributed by atoms with Gasteiger partial charge in [0.15, 0.2) is 11.5 Å². The highest BCUT2D eigenvalue weighted by molar-refractivity contribution is 5.96. The third kappa shape index (κ3) is 0.404. The summed E-state index contributed by atoms with van der Waals surface area (Å²) in [5.41, 5.74) is 0.697. The standard InChI is InChI=1S/C8H5NO3/c10-7-6-4-2-1-3-5(6)12-9(4)8(7)11/h1-3,10-11H. The minimum absolute atomic E-state index is 0.105. The maximum atomic E-state index is 9.37. The SMILES string of the molecule is Oc1c(O)n2c3cccc(c13)O2. The summed E-state index contributed by atoms with van der Waals surface area (Å²) in [6.07, 6.45) is 0. The molecule has 1 aromatic heterocycles. The average Bonchev–Trinajstić information content (AvgIpc) is 2.41. The zero-order valence-corrected chi connectivity index (χ0v) is 5.98. The predicted molar refractivity (Wildman–Crippen MR) is 41.3 cm³/mol. The van der Waals surface area contributed by atoms with Crippen molar-refractivity contribution in [2.75, 3.05) is 0 Å². The van der Waals surface area contributed by atoms with Crippen LogP contribution in [0.25, 0.3) is 10.9 Å². The summed E-state index contributed by atoms with van der Waals surface area (Å²) in [5.74, 6) is 0.248. The zero-order valence-electron chi connectivity index (χ0n) is 5.98. The molecule has 0 saturated heterocycles. The Balaban J connectivity index is 2.66. The summed E-state index contributed by atoms with van der Waals surface area (Å²) in [6.45, 7) is 0. The fourth-order valence-corrected chi connectivity index (χ4v) is 1.52. The van der Waals surface area contributed by atoms with Crippen LogP contribution in [0, 0.1) is 0 Å². The first-order chi connectivity index (χ1) is 5.79. The van der Waals surface area contributed by atoms with Crippen LogP contribution < -0.4 is 4.84 Å². The number of aromatic nitrogens is 1. The van der Waals surface area contributed by atoms with E-state index in [0.29, 0.717) is 16.7 Å². The van der Waals surface area contributed by atoms with Crippen molar-refractivity contribution in [3.05, 3.63) is 18.2 Å². The predicted octanol–water partition coefficient (Wildman–Crippen LogP) is 1.21. The van der Waals surface area contributed by atoms with Crippen LogP contribution in [-0.2, 0) is 0 Å². The first-order valence-electron chi connectivity index (χ1n) is 3.53. The van der Waals surface area contributed by atoms with E-state index in [-0.39, 0.29) is 11.6 Å². The summed E-state index contributed by atoms with van der Waals surface area (Å²) < 4.78 is 1.21. The lowest BCUT2D eigenvalue weighted by Gasteiger charge is -2.05. The fraction of sp³-hybridized carbons (Fsp3) is 0. The molecular formula is C8H5NO3. The van der Waals surface area contributed by atoms with E-state index in [0.717, 1.165) is 0 Å². The Labute approximate surface area is 67.2 Å². The molecule has 0 radical (unpaired) electrons. The summed E-state index contributed by atoms with van der Waals surface area (Å²) in [7, 11) is 0. The Kier molecular flexibility index (Phi) is 0.721. The molecule has 4 nitrogen and oxygen atoms in total. The van der Waals surface area contributed by atoms with Gasteiger partial charge in [-0.15, -0.1) is 4.73 Å². The molecular weight excluding hydrogens is 158 g/mol. The van der Waals surface area contributed by atoms with Gasteiger partial charge in [-0.25, -0.2) is 0 Å². The molecule has 3 rings (SSSR count). The number of aromatic hydroxyl groups is 2. The Hall–Kier alpha value is -1.84. The molecule has 0 unspecified atom stereocenters. The highest BCUT2D eigenvalue weighted by Crippen LogP contribution is 2.47.